The molecule has 0 unspecified atom stereocenters. The van der Waals surface area contributed by atoms with Crippen LogP contribution >= 0.6 is 0 Å². The highest BCUT2D eigenvalue weighted by Crippen LogP contribution is 2.10. The Kier molecular flexibility index (Phi) is 2.28. The number of hydrogen-bond acceptors (Lipinski definition) is 3. The Morgan fingerprint density at radius 1 is 1.36 bits per heavy atom. The second-order valence-electron chi connectivity index (χ2n) is 3.12. The minimum atomic E-state index is 0.423. The molecule has 4 nitrogen and oxygen atoms in total. The number of hydrogen-bond donors (Lipinski definition) is 1. The van der Waals surface area contributed by atoms with Crippen LogP contribution < -0.4 is 5.73 Å². The van der Waals surface area contributed by atoms with Crippen LogP contribution in [0.3, 0.4) is 0 Å². The van der Waals surface area contributed by atoms with Crippen molar-refractivity contribution >= 4 is 0 Å². The largest absolute Gasteiger partial charge is 0.325 e. The first-order chi connectivity index (χ1) is 6.81. The number of rotatable bonds is 2. The predicted octanol–water partition coefficient (Wildman–Crippen LogP) is 1.03. The van der Waals surface area contributed by atoms with Gasteiger partial charge in [-0.25, -0.2) is 0 Å². The lowest BCUT2D eigenvalue weighted by atomic mass is 10.2. The molecule has 0 saturated carbocycles. The average molecular weight is 188 g/mol. The lowest BCUT2D eigenvalue weighted by molar-refractivity contribution is 0.733. The minimum Gasteiger partial charge on any atom is -0.325 e. The maximum atomic E-state index is 5.46. The molecule has 0 amide bonds. The zero-order valence-corrected chi connectivity index (χ0v) is 8.01. The van der Waals surface area contributed by atoms with Crippen molar-refractivity contribution in [2.45, 2.75) is 13.5 Å². The van der Waals surface area contributed by atoms with Crippen molar-refractivity contribution in [3.63, 3.8) is 0 Å². The molecule has 1 heterocycles. The number of nitrogens with two attached hydrogens (primary N) is 1. The number of nitrogens with zero attached hydrogens (tertiary/aromatic N) is 3. The molecule has 0 saturated heterocycles. The summed E-state index contributed by atoms with van der Waals surface area (Å²) in [4.78, 5) is 1.61. The fourth-order valence-corrected chi connectivity index (χ4v) is 1.29. The topological polar surface area (TPSA) is 56.7 Å². The van der Waals surface area contributed by atoms with Gasteiger partial charge >= 0.3 is 0 Å². The van der Waals surface area contributed by atoms with E-state index >= 15 is 0 Å². The minimum absolute atomic E-state index is 0.423. The Bertz CT molecular complexity index is 433. The molecule has 4 heteroatoms. The number of para-hydroxylation sites is 1. The SMILES string of the molecule is Cc1ccccc1-n1ncc(CN)n1. The van der Waals surface area contributed by atoms with Crippen LogP contribution in [0, 0.1) is 6.92 Å². The molecule has 1 aromatic heterocycles. The first kappa shape index (κ1) is 8.90. The van der Waals surface area contributed by atoms with Gasteiger partial charge in [0, 0.05) is 6.54 Å². The van der Waals surface area contributed by atoms with Crippen molar-refractivity contribution in [3.05, 3.63) is 41.7 Å². The van der Waals surface area contributed by atoms with E-state index < -0.39 is 0 Å². The van der Waals surface area contributed by atoms with E-state index in [2.05, 4.69) is 10.2 Å². The van der Waals surface area contributed by atoms with Crippen molar-refractivity contribution in [2.75, 3.05) is 0 Å². The van der Waals surface area contributed by atoms with Crippen molar-refractivity contribution in [3.8, 4) is 5.69 Å². The highest BCUT2D eigenvalue weighted by molar-refractivity contribution is 5.37. The molecule has 0 atom stereocenters. The normalized spacial score (nSPS) is 10.4. The molecule has 2 N–H and O–H groups in total. The molecule has 0 aliphatic heterocycles. The van der Waals surface area contributed by atoms with E-state index in [-0.39, 0.29) is 0 Å². The van der Waals surface area contributed by atoms with Crippen LogP contribution in [0.1, 0.15) is 11.3 Å². The van der Waals surface area contributed by atoms with E-state index in [1.807, 2.05) is 31.2 Å². The molecular formula is C10H12N4. The molecule has 0 fully saturated rings. The van der Waals surface area contributed by atoms with Crippen LogP contribution in [-0.2, 0) is 6.54 Å². The van der Waals surface area contributed by atoms with Crippen molar-refractivity contribution < 1.29 is 0 Å². The molecule has 0 radical (unpaired) electrons. The fraction of sp³-hybridized carbons (Fsp3) is 0.200. The summed E-state index contributed by atoms with van der Waals surface area (Å²) >= 11 is 0. The van der Waals surface area contributed by atoms with Gasteiger partial charge in [0.15, 0.2) is 0 Å². The Labute approximate surface area is 82.4 Å². The van der Waals surface area contributed by atoms with E-state index in [1.54, 1.807) is 11.0 Å². The molecule has 14 heavy (non-hydrogen) atoms. The zero-order chi connectivity index (χ0) is 9.97. The molecule has 72 valence electrons. The fourth-order valence-electron chi connectivity index (χ4n) is 1.29. The maximum Gasteiger partial charge on any atom is 0.0967 e. The van der Waals surface area contributed by atoms with Gasteiger partial charge in [-0.15, -0.1) is 0 Å². The van der Waals surface area contributed by atoms with Crippen molar-refractivity contribution in [1.29, 1.82) is 0 Å². The van der Waals surface area contributed by atoms with Gasteiger partial charge in [0.1, 0.15) is 0 Å². The molecular weight excluding hydrogens is 176 g/mol. The highest BCUT2D eigenvalue weighted by atomic mass is 15.5. The molecule has 2 rings (SSSR count). The number of aromatic nitrogens is 3. The Morgan fingerprint density at radius 2 is 2.14 bits per heavy atom. The van der Waals surface area contributed by atoms with Gasteiger partial charge in [-0.1, -0.05) is 18.2 Å². The summed E-state index contributed by atoms with van der Waals surface area (Å²) in [6, 6.07) is 7.97. The summed E-state index contributed by atoms with van der Waals surface area (Å²) in [7, 11) is 0. The van der Waals surface area contributed by atoms with Crippen LogP contribution in [0.25, 0.3) is 5.69 Å². The molecule has 0 spiro atoms. The molecule has 0 aliphatic carbocycles. The standard InChI is InChI=1S/C10H12N4/c1-8-4-2-3-5-10(8)14-12-7-9(6-11)13-14/h2-5,7H,6,11H2,1H3. The summed E-state index contributed by atoms with van der Waals surface area (Å²) < 4.78 is 0. The summed E-state index contributed by atoms with van der Waals surface area (Å²) in [6.45, 7) is 2.45. The smallest absolute Gasteiger partial charge is 0.0967 e. The summed E-state index contributed by atoms with van der Waals surface area (Å²) in [5.41, 5.74) is 8.40. The second-order valence-corrected chi connectivity index (χ2v) is 3.12. The summed E-state index contributed by atoms with van der Waals surface area (Å²) in [5, 5.41) is 8.38. The van der Waals surface area contributed by atoms with Gasteiger partial charge in [0.2, 0.25) is 0 Å². The van der Waals surface area contributed by atoms with Crippen LogP contribution in [-0.4, -0.2) is 15.0 Å². The lowest BCUT2D eigenvalue weighted by Crippen LogP contribution is -2.03. The van der Waals surface area contributed by atoms with Gasteiger partial charge in [-0.3, -0.25) is 0 Å². The van der Waals surface area contributed by atoms with Gasteiger partial charge in [-0.2, -0.15) is 15.0 Å². The quantitative estimate of drug-likeness (QED) is 0.766. The van der Waals surface area contributed by atoms with E-state index in [1.165, 1.54) is 0 Å². The monoisotopic (exact) mass is 188 g/mol. The molecule has 1 aromatic carbocycles. The summed E-state index contributed by atoms with van der Waals surface area (Å²) in [6.07, 6.45) is 1.69. The molecule has 0 bridgehead atoms. The molecule has 2 aromatic rings. The zero-order valence-electron chi connectivity index (χ0n) is 8.01. The van der Waals surface area contributed by atoms with Crippen LogP contribution in [0.4, 0.5) is 0 Å². The summed E-state index contributed by atoms with van der Waals surface area (Å²) in [5.74, 6) is 0. The van der Waals surface area contributed by atoms with Gasteiger partial charge in [0.05, 0.1) is 17.6 Å². The van der Waals surface area contributed by atoms with Crippen molar-refractivity contribution in [1.82, 2.24) is 15.0 Å². The van der Waals surface area contributed by atoms with Crippen LogP contribution in [0.5, 0.6) is 0 Å². The van der Waals surface area contributed by atoms with Gasteiger partial charge < -0.3 is 5.73 Å². The van der Waals surface area contributed by atoms with Gasteiger partial charge in [0.25, 0.3) is 0 Å². The Balaban J connectivity index is 2.44. The number of aryl methyl sites for hydroxylation is 1. The van der Waals surface area contributed by atoms with E-state index in [0.717, 1.165) is 16.9 Å². The third-order valence-corrected chi connectivity index (χ3v) is 2.08. The van der Waals surface area contributed by atoms with E-state index in [9.17, 15) is 0 Å². The van der Waals surface area contributed by atoms with Crippen LogP contribution in [0.2, 0.25) is 0 Å². The van der Waals surface area contributed by atoms with Gasteiger partial charge in [-0.05, 0) is 18.6 Å². The highest BCUT2D eigenvalue weighted by Gasteiger charge is 2.02. The Hall–Kier alpha value is -1.68. The van der Waals surface area contributed by atoms with Crippen molar-refractivity contribution in [2.24, 2.45) is 5.73 Å². The third kappa shape index (κ3) is 1.52. The van der Waals surface area contributed by atoms with Crippen LogP contribution in [0.15, 0.2) is 30.5 Å². The predicted molar refractivity (Wildman–Crippen MR) is 54.0 cm³/mol. The maximum absolute atomic E-state index is 5.46. The first-order valence-electron chi connectivity index (χ1n) is 4.48. The van der Waals surface area contributed by atoms with E-state index in [4.69, 9.17) is 5.73 Å². The third-order valence-electron chi connectivity index (χ3n) is 2.08. The lowest BCUT2D eigenvalue weighted by Gasteiger charge is -2.02. The van der Waals surface area contributed by atoms with E-state index in [0.29, 0.717) is 6.54 Å². The first-order valence-corrected chi connectivity index (χ1v) is 4.48. The second kappa shape index (κ2) is 3.59. The molecule has 0 aliphatic rings. The average Bonchev–Trinajstić information content (AvgIpc) is 2.67. The number of benzene rings is 1. The Morgan fingerprint density at radius 3 is 2.79 bits per heavy atom.